The van der Waals surface area contributed by atoms with E-state index in [9.17, 15) is 5.11 Å². The molecule has 1 aromatic carbocycles. The predicted octanol–water partition coefficient (Wildman–Crippen LogP) is 3.59. The molecule has 124 valence electrons. The molecule has 2 aromatic heterocycles. The van der Waals surface area contributed by atoms with E-state index < -0.39 is 6.10 Å². The number of anilines is 1. The van der Waals surface area contributed by atoms with Gasteiger partial charge in [-0.2, -0.15) is 0 Å². The van der Waals surface area contributed by atoms with Gasteiger partial charge in [0.2, 0.25) is 0 Å². The maximum absolute atomic E-state index is 10.3. The minimum Gasteiger partial charge on any atom is -0.391 e. The van der Waals surface area contributed by atoms with Crippen molar-refractivity contribution in [2.24, 2.45) is 0 Å². The highest BCUT2D eigenvalue weighted by Gasteiger charge is 2.20. The molecular weight excluding hydrogens is 318 g/mol. The van der Waals surface area contributed by atoms with Crippen LogP contribution in [-0.2, 0) is 19.3 Å². The van der Waals surface area contributed by atoms with E-state index in [0.717, 1.165) is 29.1 Å². The first-order chi connectivity index (χ1) is 11.8. The molecule has 0 saturated heterocycles. The third kappa shape index (κ3) is 3.14. The van der Waals surface area contributed by atoms with Crippen molar-refractivity contribution in [1.82, 2.24) is 9.97 Å². The molecule has 24 heavy (non-hydrogen) atoms. The van der Waals surface area contributed by atoms with Gasteiger partial charge in [0.1, 0.15) is 17.0 Å². The van der Waals surface area contributed by atoms with Crippen molar-refractivity contribution in [3.8, 4) is 0 Å². The lowest BCUT2D eigenvalue weighted by atomic mass is 9.97. The monoisotopic (exact) mass is 339 g/mol. The van der Waals surface area contributed by atoms with Gasteiger partial charge in [0, 0.05) is 17.8 Å². The molecule has 2 N–H and O–H groups in total. The van der Waals surface area contributed by atoms with Crippen LogP contribution >= 0.6 is 11.3 Å². The molecule has 4 rings (SSSR count). The molecule has 1 aliphatic carbocycles. The van der Waals surface area contributed by atoms with Gasteiger partial charge in [-0.1, -0.05) is 30.3 Å². The van der Waals surface area contributed by atoms with Gasteiger partial charge in [-0.05, 0) is 36.8 Å². The van der Waals surface area contributed by atoms with Crippen molar-refractivity contribution in [2.75, 3.05) is 11.9 Å². The average Bonchev–Trinajstić information content (AvgIpc) is 3.00. The van der Waals surface area contributed by atoms with Gasteiger partial charge in [0.05, 0.1) is 11.5 Å². The summed E-state index contributed by atoms with van der Waals surface area (Å²) >= 11 is 1.80. The van der Waals surface area contributed by atoms with Crippen LogP contribution in [0.2, 0.25) is 0 Å². The van der Waals surface area contributed by atoms with E-state index in [1.807, 2.05) is 30.3 Å². The molecule has 1 atom stereocenters. The highest BCUT2D eigenvalue weighted by molar-refractivity contribution is 7.19. The Bertz CT molecular complexity index is 831. The van der Waals surface area contributed by atoms with E-state index in [4.69, 9.17) is 0 Å². The molecule has 0 aliphatic heterocycles. The van der Waals surface area contributed by atoms with Gasteiger partial charge in [-0.3, -0.25) is 0 Å². The van der Waals surface area contributed by atoms with Crippen molar-refractivity contribution in [3.05, 3.63) is 52.7 Å². The summed E-state index contributed by atoms with van der Waals surface area (Å²) in [6.45, 7) is 0.492. The van der Waals surface area contributed by atoms with Gasteiger partial charge in [-0.15, -0.1) is 11.3 Å². The summed E-state index contributed by atoms with van der Waals surface area (Å²) < 4.78 is 0. The smallest absolute Gasteiger partial charge is 0.138 e. The lowest BCUT2D eigenvalue weighted by molar-refractivity contribution is 0.188. The number of rotatable bonds is 5. The van der Waals surface area contributed by atoms with Crippen molar-refractivity contribution < 1.29 is 5.11 Å². The lowest BCUT2D eigenvalue weighted by Gasteiger charge is -2.15. The molecule has 4 nitrogen and oxygen atoms in total. The van der Waals surface area contributed by atoms with Crippen molar-refractivity contribution in [1.29, 1.82) is 0 Å². The van der Waals surface area contributed by atoms with E-state index in [-0.39, 0.29) is 0 Å². The minimum absolute atomic E-state index is 0.438. The summed E-state index contributed by atoms with van der Waals surface area (Å²) in [5, 5.41) is 14.8. The predicted molar refractivity (Wildman–Crippen MR) is 98.7 cm³/mol. The van der Waals surface area contributed by atoms with Crippen LogP contribution in [0.25, 0.3) is 10.2 Å². The van der Waals surface area contributed by atoms with Crippen LogP contribution in [0, 0.1) is 0 Å². The first-order valence-corrected chi connectivity index (χ1v) is 9.34. The van der Waals surface area contributed by atoms with Crippen molar-refractivity contribution in [3.63, 3.8) is 0 Å². The van der Waals surface area contributed by atoms with Gasteiger partial charge in [-0.25, -0.2) is 9.97 Å². The van der Waals surface area contributed by atoms with E-state index >= 15 is 0 Å². The number of aliphatic hydroxyl groups is 1. The second kappa shape index (κ2) is 6.87. The normalized spacial score (nSPS) is 15.2. The molecule has 2 heterocycles. The molecule has 0 amide bonds. The van der Waals surface area contributed by atoms with E-state index in [1.165, 1.54) is 28.7 Å². The average molecular weight is 339 g/mol. The van der Waals surface area contributed by atoms with Crippen LogP contribution in [0.15, 0.2) is 36.7 Å². The Labute approximate surface area is 145 Å². The van der Waals surface area contributed by atoms with Gasteiger partial charge in [0.15, 0.2) is 0 Å². The molecule has 5 heteroatoms. The second-order valence-corrected chi connectivity index (χ2v) is 7.42. The standard InChI is InChI=1S/C19H21N3OS/c23-14(10-13-6-2-1-3-7-13)11-20-18-17-15-8-4-5-9-16(15)24-19(17)22-12-21-18/h1-3,6-7,12,14,23H,4-5,8-11H2,(H,20,21,22). The molecule has 3 aromatic rings. The Balaban J connectivity index is 1.51. The maximum Gasteiger partial charge on any atom is 0.138 e. The van der Waals surface area contributed by atoms with Gasteiger partial charge >= 0.3 is 0 Å². The summed E-state index contributed by atoms with van der Waals surface area (Å²) in [4.78, 5) is 11.4. The first kappa shape index (κ1) is 15.5. The Morgan fingerprint density at radius 1 is 1.12 bits per heavy atom. The minimum atomic E-state index is -0.438. The first-order valence-electron chi connectivity index (χ1n) is 8.52. The van der Waals surface area contributed by atoms with E-state index in [1.54, 1.807) is 17.7 Å². The number of aryl methyl sites for hydroxylation is 2. The summed E-state index contributed by atoms with van der Waals surface area (Å²) in [6.07, 6.45) is 6.61. The number of benzene rings is 1. The molecule has 0 bridgehead atoms. The van der Waals surface area contributed by atoms with Gasteiger partial charge < -0.3 is 10.4 Å². The van der Waals surface area contributed by atoms with Crippen LogP contribution in [-0.4, -0.2) is 27.7 Å². The molecule has 0 saturated carbocycles. The number of hydrogen-bond donors (Lipinski definition) is 2. The number of nitrogens with zero attached hydrogens (tertiary/aromatic N) is 2. The number of thiophene rings is 1. The van der Waals surface area contributed by atoms with Crippen molar-refractivity contribution >= 4 is 27.4 Å². The Kier molecular flexibility index (Phi) is 4.45. The summed E-state index contributed by atoms with van der Waals surface area (Å²) in [5.74, 6) is 0.867. The lowest BCUT2D eigenvalue weighted by Crippen LogP contribution is -2.22. The summed E-state index contributed by atoms with van der Waals surface area (Å²) in [5.41, 5.74) is 2.56. The van der Waals surface area contributed by atoms with Crippen molar-refractivity contribution in [2.45, 2.75) is 38.2 Å². The molecular formula is C19H21N3OS. The zero-order valence-corrected chi connectivity index (χ0v) is 14.4. The maximum atomic E-state index is 10.3. The quantitative estimate of drug-likeness (QED) is 0.746. The second-order valence-electron chi connectivity index (χ2n) is 6.34. The molecule has 0 spiro atoms. The molecule has 1 aliphatic rings. The number of hydrogen-bond acceptors (Lipinski definition) is 5. The van der Waals surface area contributed by atoms with E-state index in [2.05, 4.69) is 15.3 Å². The Hall–Kier alpha value is -1.98. The highest BCUT2D eigenvalue weighted by Crippen LogP contribution is 2.38. The topological polar surface area (TPSA) is 58.0 Å². The number of nitrogens with one attached hydrogen (secondary N) is 1. The van der Waals surface area contributed by atoms with Crippen LogP contribution in [0.1, 0.15) is 28.8 Å². The fraction of sp³-hybridized carbons (Fsp3) is 0.368. The Morgan fingerprint density at radius 3 is 2.83 bits per heavy atom. The SMILES string of the molecule is OC(CNc1ncnc2sc3c(c12)CCCC3)Cc1ccccc1. The fourth-order valence-electron chi connectivity index (χ4n) is 3.40. The number of aliphatic hydroxyl groups excluding tert-OH is 1. The summed E-state index contributed by atoms with van der Waals surface area (Å²) in [6, 6.07) is 10.1. The molecule has 0 radical (unpaired) electrons. The van der Waals surface area contributed by atoms with Crippen LogP contribution in [0.3, 0.4) is 0 Å². The molecule has 0 fully saturated rings. The third-order valence-corrected chi connectivity index (χ3v) is 5.77. The number of aromatic nitrogens is 2. The van der Waals surface area contributed by atoms with E-state index in [0.29, 0.717) is 13.0 Å². The van der Waals surface area contributed by atoms with Gasteiger partial charge in [0.25, 0.3) is 0 Å². The van der Waals surface area contributed by atoms with Crippen LogP contribution in [0.4, 0.5) is 5.82 Å². The van der Waals surface area contributed by atoms with Crippen LogP contribution in [0.5, 0.6) is 0 Å². The zero-order chi connectivity index (χ0) is 16.4. The van der Waals surface area contributed by atoms with Crippen LogP contribution < -0.4 is 5.32 Å². The largest absolute Gasteiger partial charge is 0.391 e. The Morgan fingerprint density at radius 2 is 1.96 bits per heavy atom. The molecule has 1 unspecified atom stereocenters. The summed E-state index contributed by atoms with van der Waals surface area (Å²) in [7, 11) is 0. The highest BCUT2D eigenvalue weighted by atomic mass is 32.1. The number of fused-ring (bicyclic) bond motifs is 3. The fourth-order valence-corrected chi connectivity index (χ4v) is 4.63. The zero-order valence-electron chi connectivity index (χ0n) is 13.5. The third-order valence-electron chi connectivity index (χ3n) is 4.57.